The minimum atomic E-state index is -3.73. The van der Waals surface area contributed by atoms with E-state index in [0.29, 0.717) is 42.9 Å². The first kappa shape index (κ1) is 21.0. The second kappa shape index (κ2) is 8.11. The first-order valence-electron chi connectivity index (χ1n) is 9.49. The number of anilines is 1. The summed E-state index contributed by atoms with van der Waals surface area (Å²) in [5.41, 5.74) is 1.28. The molecule has 30 heavy (non-hydrogen) atoms. The van der Waals surface area contributed by atoms with E-state index in [0.717, 1.165) is 21.8 Å². The summed E-state index contributed by atoms with van der Waals surface area (Å²) in [6.45, 7) is 2.76. The van der Waals surface area contributed by atoms with E-state index in [9.17, 15) is 23.3 Å². The van der Waals surface area contributed by atoms with Crippen molar-refractivity contribution in [2.45, 2.75) is 43.0 Å². The van der Waals surface area contributed by atoms with Crippen molar-refractivity contribution in [2.75, 3.05) is 18.4 Å². The van der Waals surface area contributed by atoms with E-state index in [4.69, 9.17) is 0 Å². The average molecular weight is 465 g/mol. The third-order valence-corrected chi connectivity index (χ3v) is 9.83. The minimum Gasteiger partial charge on any atom is -0.337 e. The van der Waals surface area contributed by atoms with Crippen LogP contribution in [-0.2, 0) is 32.6 Å². The molecule has 1 fully saturated rings. The fraction of sp³-hybridized carbons (Fsp3) is 0.421. The van der Waals surface area contributed by atoms with Gasteiger partial charge in [-0.2, -0.15) is 9.57 Å². The molecule has 0 saturated carbocycles. The van der Waals surface area contributed by atoms with Crippen LogP contribution in [-0.4, -0.2) is 48.6 Å². The zero-order valence-electron chi connectivity index (χ0n) is 16.3. The van der Waals surface area contributed by atoms with Gasteiger partial charge in [-0.25, -0.2) is 8.42 Å². The van der Waals surface area contributed by atoms with Gasteiger partial charge in [0.25, 0.3) is 10.0 Å². The molecule has 158 valence electrons. The van der Waals surface area contributed by atoms with Gasteiger partial charge >= 0.3 is 0 Å². The Bertz CT molecular complexity index is 1130. The molecule has 2 aromatic rings. The Morgan fingerprint density at radius 2 is 2.13 bits per heavy atom. The van der Waals surface area contributed by atoms with E-state index in [1.807, 2.05) is 0 Å². The molecule has 0 bridgehead atoms. The molecule has 2 aromatic heterocycles. The van der Waals surface area contributed by atoms with Crippen LogP contribution in [0.4, 0.5) is 5.00 Å². The molecule has 11 heteroatoms. The molecule has 0 spiro atoms. The third-order valence-electron chi connectivity index (χ3n) is 5.42. The second-order valence-corrected chi connectivity index (χ2v) is 11.4. The number of hydrogen-bond donors (Lipinski definition) is 1. The van der Waals surface area contributed by atoms with Crippen LogP contribution in [0, 0.1) is 11.3 Å². The molecule has 1 N–H and O–H groups in total. The first-order valence-corrected chi connectivity index (χ1v) is 12.6. The molecular weight excluding hydrogens is 444 g/mol. The van der Waals surface area contributed by atoms with Gasteiger partial charge in [0, 0.05) is 24.9 Å². The lowest BCUT2D eigenvalue weighted by Crippen LogP contribution is -2.42. The van der Waals surface area contributed by atoms with E-state index in [1.54, 1.807) is 16.3 Å². The number of amides is 2. The Labute approximate surface area is 182 Å². The molecule has 4 heterocycles. The second-order valence-electron chi connectivity index (χ2n) is 7.21. The number of nitriles is 1. The highest BCUT2D eigenvalue weighted by Crippen LogP contribution is 2.37. The molecule has 0 aromatic carbocycles. The van der Waals surface area contributed by atoms with Crippen molar-refractivity contribution in [1.29, 1.82) is 5.26 Å². The average Bonchev–Trinajstić information content (AvgIpc) is 3.45. The molecule has 2 amide bonds. The summed E-state index contributed by atoms with van der Waals surface area (Å²) in [6.07, 6.45) is 1.59. The number of carbonyl (C=O) groups is 2. The van der Waals surface area contributed by atoms with Gasteiger partial charge in [-0.1, -0.05) is 6.07 Å². The maximum atomic E-state index is 13.0. The number of hydrogen-bond acceptors (Lipinski definition) is 7. The van der Waals surface area contributed by atoms with Crippen molar-refractivity contribution in [2.24, 2.45) is 0 Å². The summed E-state index contributed by atoms with van der Waals surface area (Å²) in [6, 6.07) is 4.57. The van der Waals surface area contributed by atoms with Crippen molar-refractivity contribution in [3.05, 3.63) is 33.5 Å². The first-order chi connectivity index (χ1) is 14.3. The molecular formula is C19H20N4O4S3. The molecule has 2 aliphatic heterocycles. The van der Waals surface area contributed by atoms with Crippen LogP contribution in [0.15, 0.2) is 21.7 Å². The van der Waals surface area contributed by atoms with Gasteiger partial charge in [-0.05, 0) is 36.3 Å². The van der Waals surface area contributed by atoms with Crippen LogP contribution in [0.25, 0.3) is 0 Å². The van der Waals surface area contributed by atoms with Gasteiger partial charge in [0.15, 0.2) is 0 Å². The molecule has 0 unspecified atom stereocenters. The fourth-order valence-electron chi connectivity index (χ4n) is 3.89. The fourth-order valence-corrected chi connectivity index (χ4v) is 7.88. The largest absolute Gasteiger partial charge is 0.337 e. The standard InChI is InChI=1S/C19H20N4O4S3/c1-12(24)22-8-6-13-14(10-20)19(29-16(13)11-22)21-18(25)15-4-2-7-23(15)30(26,27)17-5-3-9-28-17/h3,5,9,15H,2,4,6-8,11H2,1H3,(H,21,25)/t15-/m0/s1. The zero-order valence-corrected chi connectivity index (χ0v) is 18.7. The normalized spacial score (nSPS) is 19.3. The molecule has 1 atom stereocenters. The van der Waals surface area contributed by atoms with Gasteiger partial charge in [-0.3, -0.25) is 9.59 Å². The van der Waals surface area contributed by atoms with E-state index < -0.39 is 22.0 Å². The number of sulfonamides is 1. The van der Waals surface area contributed by atoms with Crippen LogP contribution in [0.1, 0.15) is 35.8 Å². The number of rotatable bonds is 4. The van der Waals surface area contributed by atoms with E-state index in [1.165, 1.54) is 28.6 Å². The van der Waals surface area contributed by atoms with Crippen LogP contribution in [0.2, 0.25) is 0 Å². The van der Waals surface area contributed by atoms with Gasteiger partial charge in [0.05, 0.1) is 12.1 Å². The Morgan fingerprint density at radius 1 is 1.33 bits per heavy atom. The van der Waals surface area contributed by atoms with Crippen molar-refractivity contribution in [3.8, 4) is 6.07 Å². The van der Waals surface area contributed by atoms with Crippen molar-refractivity contribution in [3.63, 3.8) is 0 Å². The predicted octanol–water partition coefficient (Wildman–Crippen LogP) is 2.38. The lowest BCUT2D eigenvalue weighted by atomic mass is 10.0. The third kappa shape index (κ3) is 3.65. The quantitative estimate of drug-likeness (QED) is 0.747. The number of fused-ring (bicyclic) bond motifs is 1. The van der Waals surface area contributed by atoms with Gasteiger partial charge in [-0.15, -0.1) is 22.7 Å². The molecule has 2 aliphatic rings. The van der Waals surface area contributed by atoms with Crippen molar-refractivity contribution in [1.82, 2.24) is 9.21 Å². The topological polar surface area (TPSA) is 111 Å². The monoisotopic (exact) mass is 464 g/mol. The van der Waals surface area contributed by atoms with Crippen LogP contribution < -0.4 is 5.32 Å². The molecule has 1 saturated heterocycles. The Kier molecular flexibility index (Phi) is 5.67. The summed E-state index contributed by atoms with van der Waals surface area (Å²) < 4.78 is 27.3. The summed E-state index contributed by atoms with van der Waals surface area (Å²) in [5, 5.41) is 14.6. The maximum absolute atomic E-state index is 13.0. The Morgan fingerprint density at radius 3 is 2.80 bits per heavy atom. The van der Waals surface area contributed by atoms with Crippen LogP contribution in [0.3, 0.4) is 0 Å². The van der Waals surface area contributed by atoms with Gasteiger partial charge in [0.1, 0.15) is 21.3 Å². The summed E-state index contributed by atoms with van der Waals surface area (Å²) in [7, 11) is -3.73. The lowest BCUT2D eigenvalue weighted by molar-refractivity contribution is -0.129. The highest BCUT2D eigenvalue weighted by molar-refractivity contribution is 7.91. The van der Waals surface area contributed by atoms with E-state index in [-0.39, 0.29) is 16.7 Å². The number of nitrogens with zero attached hydrogens (tertiary/aromatic N) is 3. The lowest BCUT2D eigenvalue weighted by Gasteiger charge is -2.25. The van der Waals surface area contributed by atoms with Crippen molar-refractivity contribution >= 4 is 49.5 Å². The van der Waals surface area contributed by atoms with E-state index in [2.05, 4.69) is 11.4 Å². The maximum Gasteiger partial charge on any atom is 0.253 e. The predicted molar refractivity (Wildman–Crippen MR) is 114 cm³/mol. The van der Waals surface area contributed by atoms with Gasteiger partial charge < -0.3 is 10.2 Å². The molecule has 0 radical (unpaired) electrons. The zero-order chi connectivity index (χ0) is 21.5. The smallest absolute Gasteiger partial charge is 0.253 e. The SMILES string of the molecule is CC(=O)N1CCc2c(sc(NC(=O)[C@@H]3CCCN3S(=O)(=O)c3cccs3)c2C#N)C1. The summed E-state index contributed by atoms with van der Waals surface area (Å²) in [4.78, 5) is 27.3. The van der Waals surface area contributed by atoms with Gasteiger partial charge in [0.2, 0.25) is 11.8 Å². The highest BCUT2D eigenvalue weighted by Gasteiger charge is 2.40. The van der Waals surface area contributed by atoms with E-state index >= 15 is 0 Å². The Hall–Kier alpha value is -2.26. The van der Waals surface area contributed by atoms with Crippen LogP contribution in [0.5, 0.6) is 0 Å². The van der Waals surface area contributed by atoms with Crippen LogP contribution >= 0.6 is 22.7 Å². The molecule has 0 aliphatic carbocycles. The number of nitrogens with one attached hydrogen (secondary N) is 1. The molecule has 4 rings (SSSR count). The Balaban J connectivity index is 1.57. The highest BCUT2D eigenvalue weighted by atomic mass is 32.2. The number of thiophene rings is 2. The minimum absolute atomic E-state index is 0.0291. The summed E-state index contributed by atoms with van der Waals surface area (Å²) in [5.74, 6) is -0.454. The van der Waals surface area contributed by atoms with Crippen molar-refractivity contribution < 1.29 is 18.0 Å². The molecule has 8 nitrogen and oxygen atoms in total. The number of carbonyl (C=O) groups excluding carboxylic acids is 2. The summed E-state index contributed by atoms with van der Waals surface area (Å²) >= 11 is 2.41.